The molecule has 0 atom stereocenters. The summed E-state index contributed by atoms with van der Waals surface area (Å²) in [5, 5.41) is 14.9. The van der Waals surface area contributed by atoms with E-state index >= 15 is 0 Å². The molecule has 1 aliphatic rings. The van der Waals surface area contributed by atoms with Gasteiger partial charge in [-0.2, -0.15) is 4.98 Å². The van der Waals surface area contributed by atoms with Crippen molar-refractivity contribution in [1.29, 1.82) is 0 Å². The Morgan fingerprint density at radius 3 is 2.81 bits per heavy atom. The fraction of sp³-hybridized carbons (Fsp3) is 0.412. The van der Waals surface area contributed by atoms with Crippen molar-refractivity contribution in [3.05, 3.63) is 42.5 Å². The van der Waals surface area contributed by atoms with Crippen LogP contribution in [0.1, 0.15) is 12.2 Å². The predicted octanol–water partition coefficient (Wildman–Crippen LogP) is 0.458. The lowest BCUT2D eigenvalue weighted by atomic mass is 10.2. The van der Waals surface area contributed by atoms with Crippen LogP contribution in [0.2, 0.25) is 0 Å². The Bertz CT molecular complexity index is 864. The zero-order valence-electron chi connectivity index (χ0n) is 14.8. The molecule has 0 radical (unpaired) electrons. The Labute approximate surface area is 155 Å². The predicted molar refractivity (Wildman–Crippen MR) is 94.0 cm³/mol. The Hall–Kier alpha value is -3.14. The highest BCUT2D eigenvalue weighted by molar-refractivity contribution is 5.75. The van der Waals surface area contributed by atoms with E-state index in [4.69, 9.17) is 4.52 Å². The summed E-state index contributed by atoms with van der Waals surface area (Å²) in [5.74, 6) is 1.20. The van der Waals surface area contributed by atoms with E-state index in [1.54, 1.807) is 0 Å². The van der Waals surface area contributed by atoms with Crippen molar-refractivity contribution in [2.45, 2.75) is 19.5 Å². The van der Waals surface area contributed by atoms with E-state index in [9.17, 15) is 4.79 Å². The summed E-state index contributed by atoms with van der Waals surface area (Å²) in [5.41, 5.74) is 0.909. The standard InChI is InChI=1S/C17H20N8O2/c26-16(12-25-13-18-21-22-25)24-8-4-7-23(9-10-24)11-15-19-17(27-20-15)14-5-2-1-3-6-14/h1-3,5-6,13H,4,7-12H2. The first-order chi connectivity index (χ1) is 13.3. The van der Waals surface area contributed by atoms with Gasteiger partial charge < -0.3 is 9.42 Å². The summed E-state index contributed by atoms with van der Waals surface area (Å²) in [6.07, 6.45) is 2.34. The van der Waals surface area contributed by atoms with Crippen LogP contribution < -0.4 is 0 Å². The molecule has 10 nitrogen and oxygen atoms in total. The average Bonchev–Trinajstić information content (AvgIpc) is 3.31. The van der Waals surface area contributed by atoms with E-state index in [0.717, 1.165) is 31.6 Å². The van der Waals surface area contributed by atoms with Crippen molar-refractivity contribution < 1.29 is 9.32 Å². The van der Waals surface area contributed by atoms with E-state index in [1.807, 2.05) is 35.2 Å². The molecule has 4 rings (SSSR count). The van der Waals surface area contributed by atoms with Crippen LogP contribution in [0.5, 0.6) is 0 Å². The zero-order valence-corrected chi connectivity index (χ0v) is 14.8. The van der Waals surface area contributed by atoms with Crippen LogP contribution in [0, 0.1) is 0 Å². The van der Waals surface area contributed by atoms with Crippen LogP contribution in [-0.4, -0.2) is 72.2 Å². The van der Waals surface area contributed by atoms with Crippen LogP contribution in [0.15, 0.2) is 41.2 Å². The van der Waals surface area contributed by atoms with Gasteiger partial charge in [0, 0.05) is 31.7 Å². The van der Waals surface area contributed by atoms with Crippen LogP contribution in [0.25, 0.3) is 11.5 Å². The summed E-state index contributed by atoms with van der Waals surface area (Å²) in [6, 6.07) is 9.71. The lowest BCUT2D eigenvalue weighted by Crippen LogP contribution is -2.37. The van der Waals surface area contributed by atoms with Crippen LogP contribution >= 0.6 is 0 Å². The first kappa shape index (κ1) is 17.3. The lowest BCUT2D eigenvalue weighted by molar-refractivity contribution is -0.131. The quantitative estimate of drug-likeness (QED) is 0.639. The molecule has 0 saturated carbocycles. The van der Waals surface area contributed by atoms with Gasteiger partial charge in [0.25, 0.3) is 5.89 Å². The molecule has 0 bridgehead atoms. The van der Waals surface area contributed by atoms with Crippen LogP contribution in [0.3, 0.4) is 0 Å². The summed E-state index contributed by atoms with van der Waals surface area (Å²) >= 11 is 0. The number of tetrazole rings is 1. The van der Waals surface area contributed by atoms with Crippen molar-refractivity contribution in [2.75, 3.05) is 26.2 Å². The fourth-order valence-electron chi connectivity index (χ4n) is 3.09. The SMILES string of the molecule is O=C(Cn1cnnn1)N1CCCN(Cc2noc(-c3ccccc3)n2)CC1. The number of rotatable bonds is 5. The lowest BCUT2D eigenvalue weighted by Gasteiger charge is -2.21. The molecular formula is C17H20N8O2. The number of carbonyl (C=O) groups excluding carboxylic acids is 1. The smallest absolute Gasteiger partial charge is 0.257 e. The largest absolute Gasteiger partial charge is 0.340 e. The molecule has 140 valence electrons. The van der Waals surface area contributed by atoms with E-state index < -0.39 is 0 Å². The highest BCUT2D eigenvalue weighted by atomic mass is 16.5. The summed E-state index contributed by atoms with van der Waals surface area (Å²) < 4.78 is 6.81. The Morgan fingerprint density at radius 2 is 2.00 bits per heavy atom. The van der Waals surface area contributed by atoms with Crippen LogP contribution in [-0.2, 0) is 17.9 Å². The Morgan fingerprint density at radius 1 is 1.11 bits per heavy atom. The molecule has 3 aromatic rings. The van der Waals surface area contributed by atoms with Gasteiger partial charge >= 0.3 is 0 Å². The molecule has 0 spiro atoms. The zero-order chi connectivity index (χ0) is 18.5. The number of benzene rings is 1. The van der Waals surface area contributed by atoms with Crippen molar-refractivity contribution in [2.24, 2.45) is 0 Å². The highest BCUT2D eigenvalue weighted by Gasteiger charge is 2.21. The van der Waals surface area contributed by atoms with Crippen LogP contribution in [0.4, 0.5) is 0 Å². The third-order valence-electron chi connectivity index (χ3n) is 4.48. The fourth-order valence-corrected chi connectivity index (χ4v) is 3.09. The van der Waals surface area contributed by atoms with Gasteiger partial charge in [0.1, 0.15) is 12.9 Å². The number of hydrogen-bond donors (Lipinski definition) is 0. The molecule has 1 saturated heterocycles. The second-order valence-corrected chi connectivity index (χ2v) is 6.40. The maximum atomic E-state index is 12.4. The van der Waals surface area contributed by atoms with Gasteiger partial charge in [-0.3, -0.25) is 9.69 Å². The monoisotopic (exact) mass is 368 g/mol. The summed E-state index contributed by atoms with van der Waals surface area (Å²) in [7, 11) is 0. The first-order valence-electron chi connectivity index (χ1n) is 8.87. The number of nitrogens with zero attached hydrogens (tertiary/aromatic N) is 8. The van der Waals surface area contributed by atoms with E-state index in [2.05, 4.69) is 30.6 Å². The molecular weight excluding hydrogens is 348 g/mol. The second-order valence-electron chi connectivity index (χ2n) is 6.40. The minimum Gasteiger partial charge on any atom is -0.340 e. The topological polar surface area (TPSA) is 106 Å². The van der Waals surface area contributed by atoms with E-state index in [-0.39, 0.29) is 12.5 Å². The van der Waals surface area contributed by atoms with E-state index in [1.165, 1.54) is 11.0 Å². The van der Waals surface area contributed by atoms with Gasteiger partial charge in [-0.25, -0.2) is 4.68 Å². The maximum Gasteiger partial charge on any atom is 0.257 e. The molecule has 1 aromatic carbocycles. The number of carbonyl (C=O) groups is 1. The van der Waals surface area contributed by atoms with Gasteiger partial charge in [-0.15, -0.1) is 5.10 Å². The van der Waals surface area contributed by atoms with E-state index in [0.29, 0.717) is 24.8 Å². The second kappa shape index (κ2) is 8.04. The minimum absolute atomic E-state index is 0.0232. The molecule has 1 amide bonds. The van der Waals surface area contributed by atoms with Crippen molar-refractivity contribution in [3.8, 4) is 11.5 Å². The Balaban J connectivity index is 1.32. The molecule has 0 unspecified atom stereocenters. The molecule has 2 aromatic heterocycles. The molecule has 1 aliphatic heterocycles. The third-order valence-corrected chi connectivity index (χ3v) is 4.48. The van der Waals surface area contributed by atoms with Crippen molar-refractivity contribution in [1.82, 2.24) is 40.1 Å². The summed E-state index contributed by atoms with van der Waals surface area (Å²) in [6.45, 7) is 3.79. The van der Waals surface area contributed by atoms with Gasteiger partial charge in [0.2, 0.25) is 5.91 Å². The minimum atomic E-state index is 0.0232. The van der Waals surface area contributed by atoms with Crippen molar-refractivity contribution in [3.63, 3.8) is 0 Å². The molecule has 27 heavy (non-hydrogen) atoms. The normalized spacial score (nSPS) is 15.6. The molecule has 1 fully saturated rings. The molecule has 0 aliphatic carbocycles. The third kappa shape index (κ3) is 4.34. The van der Waals surface area contributed by atoms with Gasteiger partial charge in [0.15, 0.2) is 5.82 Å². The summed E-state index contributed by atoms with van der Waals surface area (Å²) in [4.78, 5) is 21.0. The molecule has 3 heterocycles. The highest BCUT2D eigenvalue weighted by Crippen LogP contribution is 2.17. The number of aromatic nitrogens is 6. The number of amides is 1. The van der Waals surface area contributed by atoms with Gasteiger partial charge in [0.05, 0.1) is 6.54 Å². The van der Waals surface area contributed by atoms with Gasteiger partial charge in [-0.05, 0) is 29.0 Å². The average molecular weight is 368 g/mol. The molecule has 0 N–H and O–H groups in total. The first-order valence-corrected chi connectivity index (χ1v) is 8.87. The maximum absolute atomic E-state index is 12.4. The van der Waals surface area contributed by atoms with Gasteiger partial charge in [-0.1, -0.05) is 23.4 Å². The Kier molecular flexibility index (Phi) is 5.15. The molecule has 10 heteroatoms. The van der Waals surface area contributed by atoms with Crippen molar-refractivity contribution >= 4 is 5.91 Å². The number of hydrogen-bond acceptors (Lipinski definition) is 8.